The number of benzene rings is 2. The lowest BCUT2D eigenvalue weighted by atomic mass is 10.1. The number of esters is 1. The molecule has 0 bridgehead atoms. The number of aryl methyl sites for hydroxylation is 2. The maximum atomic E-state index is 13.1. The van der Waals surface area contributed by atoms with Crippen molar-refractivity contribution in [3.63, 3.8) is 0 Å². The molecule has 0 amide bonds. The molecule has 8 heteroatoms. The van der Waals surface area contributed by atoms with E-state index in [1.165, 1.54) is 16.8 Å². The van der Waals surface area contributed by atoms with E-state index in [0.717, 1.165) is 11.1 Å². The van der Waals surface area contributed by atoms with E-state index in [1.54, 1.807) is 26.0 Å². The first-order chi connectivity index (χ1) is 14.4. The fraction of sp³-hybridized carbons (Fsp3) is 0.182. The lowest BCUT2D eigenvalue weighted by Gasteiger charge is -2.04. The normalized spacial score (nSPS) is 10.9. The van der Waals surface area contributed by atoms with Crippen molar-refractivity contribution in [3.05, 3.63) is 82.8 Å². The Bertz CT molecular complexity index is 1190. The number of rotatable bonds is 5. The lowest BCUT2D eigenvalue weighted by Crippen LogP contribution is -2.09. The number of aromatic nitrogens is 4. The molecule has 30 heavy (non-hydrogen) atoms. The number of hydrogen-bond donors (Lipinski definition) is 0. The predicted molar refractivity (Wildman–Crippen MR) is 107 cm³/mol. The van der Waals surface area contributed by atoms with Crippen LogP contribution in [-0.2, 0) is 11.3 Å². The van der Waals surface area contributed by atoms with Crippen LogP contribution in [0.2, 0.25) is 0 Å². The van der Waals surface area contributed by atoms with E-state index in [-0.39, 0.29) is 18.1 Å². The summed E-state index contributed by atoms with van der Waals surface area (Å²) in [5.74, 6) is 0.0614. The Morgan fingerprint density at radius 2 is 1.77 bits per heavy atom. The molecule has 0 saturated carbocycles. The average molecular weight is 406 g/mol. The second-order valence-corrected chi connectivity index (χ2v) is 6.88. The maximum Gasteiger partial charge on any atom is 0.361 e. The van der Waals surface area contributed by atoms with Gasteiger partial charge < -0.3 is 9.15 Å². The van der Waals surface area contributed by atoms with Crippen molar-refractivity contribution >= 4 is 5.97 Å². The Morgan fingerprint density at radius 1 is 1.07 bits per heavy atom. The van der Waals surface area contributed by atoms with Crippen molar-refractivity contribution in [1.29, 1.82) is 0 Å². The molecule has 0 unspecified atom stereocenters. The molecule has 4 aromatic rings. The average Bonchev–Trinajstić information content (AvgIpc) is 3.30. The van der Waals surface area contributed by atoms with Gasteiger partial charge in [0.25, 0.3) is 0 Å². The molecule has 2 aromatic carbocycles. The molecular formula is C22H19FN4O3. The number of carbonyl (C=O) groups is 1. The summed E-state index contributed by atoms with van der Waals surface area (Å²) >= 11 is 0. The topological polar surface area (TPSA) is 83.0 Å². The third-order valence-corrected chi connectivity index (χ3v) is 4.69. The zero-order valence-electron chi connectivity index (χ0n) is 16.7. The number of hydrogen-bond acceptors (Lipinski definition) is 6. The third kappa shape index (κ3) is 3.84. The molecule has 152 valence electrons. The number of oxazole rings is 1. The highest BCUT2D eigenvalue weighted by molar-refractivity contribution is 5.88. The minimum Gasteiger partial charge on any atom is -0.454 e. The molecule has 0 aliphatic heterocycles. The number of halogens is 1. The molecular weight excluding hydrogens is 387 g/mol. The molecule has 0 radical (unpaired) electrons. The van der Waals surface area contributed by atoms with Crippen molar-refractivity contribution in [1.82, 2.24) is 20.0 Å². The minimum atomic E-state index is -0.625. The van der Waals surface area contributed by atoms with Crippen LogP contribution in [0.25, 0.3) is 17.1 Å². The van der Waals surface area contributed by atoms with E-state index in [9.17, 15) is 9.18 Å². The SMILES string of the molecule is Cc1ccc(-c2nc(COC(=O)c3nnn(-c4ccc(F)cc4)c3C)c(C)o2)cc1. The Kier molecular flexibility index (Phi) is 5.14. The van der Waals surface area contributed by atoms with Crippen molar-refractivity contribution in [3.8, 4) is 17.1 Å². The summed E-state index contributed by atoms with van der Waals surface area (Å²) < 4.78 is 25.7. The summed E-state index contributed by atoms with van der Waals surface area (Å²) in [5.41, 5.74) is 3.68. The highest BCUT2D eigenvalue weighted by Crippen LogP contribution is 2.23. The van der Waals surface area contributed by atoms with Crippen molar-refractivity contribution in [2.45, 2.75) is 27.4 Å². The molecule has 7 nitrogen and oxygen atoms in total. The number of carbonyl (C=O) groups excluding carboxylic acids is 1. The van der Waals surface area contributed by atoms with Crippen LogP contribution < -0.4 is 0 Å². The monoisotopic (exact) mass is 406 g/mol. The first-order valence-electron chi connectivity index (χ1n) is 9.31. The molecule has 4 rings (SSSR count). The highest BCUT2D eigenvalue weighted by atomic mass is 19.1. The summed E-state index contributed by atoms with van der Waals surface area (Å²) in [4.78, 5) is 16.9. The molecule has 0 fully saturated rings. The van der Waals surface area contributed by atoms with Crippen LogP contribution in [-0.4, -0.2) is 25.9 Å². The summed E-state index contributed by atoms with van der Waals surface area (Å²) in [5, 5.41) is 7.88. The van der Waals surface area contributed by atoms with Crippen LogP contribution in [0.1, 0.15) is 33.2 Å². The van der Waals surface area contributed by atoms with Gasteiger partial charge in [0.1, 0.15) is 23.9 Å². The summed E-state index contributed by atoms with van der Waals surface area (Å²) in [6.45, 7) is 5.41. The number of nitrogens with zero attached hydrogens (tertiary/aromatic N) is 4. The zero-order valence-corrected chi connectivity index (χ0v) is 16.7. The molecule has 2 aromatic heterocycles. The van der Waals surface area contributed by atoms with Gasteiger partial charge in [0.2, 0.25) is 5.89 Å². The fourth-order valence-corrected chi connectivity index (χ4v) is 2.93. The molecule has 0 spiro atoms. The van der Waals surface area contributed by atoms with E-state index in [0.29, 0.717) is 28.7 Å². The van der Waals surface area contributed by atoms with Crippen LogP contribution in [0, 0.1) is 26.6 Å². The van der Waals surface area contributed by atoms with Gasteiger partial charge in [-0.1, -0.05) is 22.9 Å². The predicted octanol–water partition coefficient (Wildman–Crippen LogP) is 4.34. The fourth-order valence-electron chi connectivity index (χ4n) is 2.93. The van der Waals surface area contributed by atoms with E-state index in [4.69, 9.17) is 9.15 Å². The van der Waals surface area contributed by atoms with Gasteiger partial charge in [0.05, 0.1) is 11.4 Å². The van der Waals surface area contributed by atoms with E-state index in [2.05, 4.69) is 15.3 Å². The largest absolute Gasteiger partial charge is 0.454 e. The third-order valence-electron chi connectivity index (χ3n) is 4.69. The van der Waals surface area contributed by atoms with E-state index >= 15 is 0 Å². The molecule has 0 N–H and O–H groups in total. The molecule has 0 saturated heterocycles. The lowest BCUT2D eigenvalue weighted by molar-refractivity contribution is 0.0459. The Morgan fingerprint density at radius 3 is 2.47 bits per heavy atom. The smallest absolute Gasteiger partial charge is 0.361 e. The van der Waals surface area contributed by atoms with Crippen LogP contribution in [0.3, 0.4) is 0 Å². The zero-order chi connectivity index (χ0) is 21.3. The summed E-state index contributed by atoms with van der Waals surface area (Å²) in [6, 6.07) is 13.5. The minimum absolute atomic E-state index is 0.0527. The Hall–Kier alpha value is -3.81. The number of ether oxygens (including phenoxy) is 1. The Balaban J connectivity index is 1.48. The van der Waals surface area contributed by atoms with Gasteiger partial charge in [-0.15, -0.1) is 5.10 Å². The first-order valence-corrected chi connectivity index (χ1v) is 9.31. The van der Waals surface area contributed by atoms with Crippen LogP contribution in [0.4, 0.5) is 4.39 Å². The van der Waals surface area contributed by atoms with E-state index in [1.807, 2.05) is 31.2 Å². The van der Waals surface area contributed by atoms with Gasteiger partial charge in [-0.25, -0.2) is 18.9 Å². The highest BCUT2D eigenvalue weighted by Gasteiger charge is 2.20. The van der Waals surface area contributed by atoms with Gasteiger partial charge in [-0.3, -0.25) is 0 Å². The van der Waals surface area contributed by atoms with Crippen LogP contribution in [0.15, 0.2) is 52.9 Å². The van der Waals surface area contributed by atoms with E-state index < -0.39 is 5.97 Å². The van der Waals surface area contributed by atoms with Crippen molar-refractivity contribution in [2.24, 2.45) is 0 Å². The molecule has 0 atom stereocenters. The molecule has 0 aliphatic rings. The maximum absolute atomic E-state index is 13.1. The first kappa shape index (κ1) is 19.5. The van der Waals surface area contributed by atoms with Gasteiger partial charge in [0.15, 0.2) is 5.69 Å². The van der Waals surface area contributed by atoms with Crippen LogP contribution >= 0.6 is 0 Å². The molecule has 0 aliphatic carbocycles. The Labute approximate surface area is 172 Å². The molecule has 2 heterocycles. The second kappa shape index (κ2) is 7.90. The van der Waals surface area contributed by atoms with Crippen molar-refractivity contribution in [2.75, 3.05) is 0 Å². The van der Waals surface area contributed by atoms with Gasteiger partial charge >= 0.3 is 5.97 Å². The van der Waals surface area contributed by atoms with Gasteiger partial charge in [-0.2, -0.15) is 0 Å². The standard InChI is InChI=1S/C22H19FN4O3/c1-13-4-6-16(7-5-13)21-24-19(15(3)30-21)12-29-22(28)20-14(2)27(26-25-20)18-10-8-17(23)9-11-18/h4-11H,12H2,1-3H3. The summed E-state index contributed by atoms with van der Waals surface area (Å²) in [7, 11) is 0. The summed E-state index contributed by atoms with van der Waals surface area (Å²) in [6.07, 6.45) is 0. The quantitative estimate of drug-likeness (QED) is 0.459. The second-order valence-electron chi connectivity index (χ2n) is 6.88. The van der Waals surface area contributed by atoms with Gasteiger partial charge in [0, 0.05) is 5.56 Å². The van der Waals surface area contributed by atoms with Gasteiger partial charge in [-0.05, 0) is 57.2 Å². The van der Waals surface area contributed by atoms with Crippen molar-refractivity contribution < 1.29 is 18.3 Å². The van der Waals surface area contributed by atoms with Crippen LogP contribution in [0.5, 0.6) is 0 Å².